The van der Waals surface area contributed by atoms with Gasteiger partial charge < -0.3 is 14.8 Å². The summed E-state index contributed by atoms with van der Waals surface area (Å²) in [5, 5.41) is 3.38. The van der Waals surface area contributed by atoms with Crippen LogP contribution in [0.5, 0.6) is 11.5 Å². The highest BCUT2D eigenvalue weighted by atomic mass is 35.5. The fraction of sp³-hybridized carbons (Fsp3) is 0.278. The Hall–Kier alpha value is -2.20. The van der Waals surface area contributed by atoms with Crippen LogP contribution in [0.1, 0.15) is 25.5 Å². The zero-order valence-corrected chi connectivity index (χ0v) is 14.0. The molecule has 0 aliphatic heterocycles. The van der Waals surface area contributed by atoms with Crippen molar-refractivity contribution in [3.8, 4) is 11.5 Å². The predicted molar refractivity (Wildman–Crippen MR) is 91.1 cm³/mol. The molecule has 1 N–H and O–H groups in total. The Kier molecular flexibility index (Phi) is 6.29. The van der Waals surface area contributed by atoms with Crippen LogP contribution in [0.15, 0.2) is 48.5 Å². The lowest BCUT2D eigenvalue weighted by Crippen LogP contribution is -2.31. The summed E-state index contributed by atoms with van der Waals surface area (Å²) in [6.07, 6.45) is 0. The van der Waals surface area contributed by atoms with Gasteiger partial charge in [0, 0.05) is 0 Å². The Balaban J connectivity index is 1.85. The van der Waals surface area contributed by atoms with Gasteiger partial charge in [-0.25, -0.2) is 0 Å². The molecule has 0 radical (unpaired) electrons. The summed E-state index contributed by atoms with van der Waals surface area (Å²) in [4.78, 5) is 12.0. The average Bonchev–Trinajstić information content (AvgIpc) is 2.55. The number of nitrogens with one attached hydrogen (secondary N) is 1. The standard InChI is InChI=1S/C18H20ClNO3/c1-3-22-15-10-8-14(9-11-15)13(2)20-18(21)12-23-17-7-5-4-6-16(17)19/h4-11,13H,3,12H2,1-2H3,(H,20,21). The minimum absolute atomic E-state index is 0.0783. The molecular formula is C18H20ClNO3. The Labute approximate surface area is 141 Å². The minimum Gasteiger partial charge on any atom is -0.494 e. The highest BCUT2D eigenvalue weighted by Crippen LogP contribution is 2.23. The van der Waals surface area contributed by atoms with Gasteiger partial charge in [-0.2, -0.15) is 0 Å². The zero-order chi connectivity index (χ0) is 16.7. The van der Waals surface area contributed by atoms with Gasteiger partial charge in [0.25, 0.3) is 5.91 Å². The first-order valence-corrected chi connectivity index (χ1v) is 7.87. The van der Waals surface area contributed by atoms with Crippen molar-refractivity contribution >= 4 is 17.5 Å². The van der Waals surface area contributed by atoms with Crippen LogP contribution in [0, 0.1) is 0 Å². The summed E-state index contributed by atoms with van der Waals surface area (Å²) in [6.45, 7) is 4.41. The van der Waals surface area contributed by atoms with Gasteiger partial charge in [-0.05, 0) is 43.7 Å². The molecule has 23 heavy (non-hydrogen) atoms. The number of para-hydroxylation sites is 1. The first-order chi connectivity index (χ1) is 11.1. The van der Waals surface area contributed by atoms with Crippen LogP contribution >= 0.6 is 11.6 Å². The average molecular weight is 334 g/mol. The number of carbonyl (C=O) groups is 1. The highest BCUT2D eigenvalue weighted by Gasteiger charge is 2.11. The predicted octanol–water partition coefficient (Wildman–Crippen LogP) is 3.99. The van der Waals surface area contributed by atoms with Crippen molar-refractivity contribution < 1.29 is 14.3 Å². The molecule has 2 aromatic carbocycles. The maximum absolute atomic E-state index is 12.0. The molecule has 0 saturated carbocycles. The zero-order valence-electron chi connectivity index (χ0n) is 13.2. The first kappa shape index (κ1) is 17.2. The van der Waals surface area contributed by atoms with E-state index in [1.165, 1.54) is 0 Å². The molecule has 0 aliphatic rings. The van der Waals surface area contributed by atoms with Gasteiger partial charge in [-0.15, -0.1) is 0 Å². The second-order valence-electron chi connectivity index (χ2n) is 5.01. The molecule has 0 bridgehead atoms. The van der Waals surface area contributed by atoms with Gasteiger partial charge in [-0.3, -0.25) is 4.79 Å². The molecular weight excluding hydrogens is 314 g/mol. The van der Waals surface area contributed by atoms with E-state index in [9.17, 15) is 4.79 Å². The number of amides is 1. The molecule has 0 fully saturated rings. The SMILES string of the molecule is CCOc1ccc(C(C)NC(=O)COc2ccccc2Cl)cc1. The van der Waals surface area contributed by atoms with Gasteiger partial charge in [0.15, 0.2) is 6.61 Å². The van der Waals surface area contributed by atoms with Crippen LogP contribution in [0.3, 0.4) is 0 Å². The Morgan fingerprint density at radius 2 is 1.83 bits per heavy atom. The second-order valence-corrected chi connectivity index (χ2v) is 5.42. The molecule has 1 unspecified atom stereocenters. The van der Waals surface area contributed by atoms with E-state index in [4.69, 9.17) is 21.1 Å². The number of hydrogen-bond donors (Lipinski definition) is 1. The van der Waals surface area contributed by atoms with E-state index < -0.39 is 0 Å². The largest absolute Gasteiger partial charge is 0.494 e. The highest BCUT2D eigenvalue weighted by molar-refractivity contribution is 6.32. The molecule has 2 aromatic rings. The van der Waals surface area contributed by atoms with Gasteiger partial charge >= 0.3 is 0 Å². The molecule has 4 nitrogen and oxygen atoms in total. The van der Waals surface area contributed by atoms with Crippen LogP contribution in [-0.2, 0) is 4.79 Å². The lowest BCUT2D eigenvalue weighted by molar-refractivity contribution is -0.123. The molecule has 1 atom stereocenters. The van der Waals surface area contributed by atoms with Crippen molar-refractivity contribution in [3.63, 3.8) is 0 Å². The number of carbonyl (C=O) groups excluding carboxylic acids is 1. The smallest absolute Gasteiger partial charge is 0.258 e. The van der Waals surface area contributed by atoms with Gasteiger partial charge in [0.2, 0.25) is 0 Å². The van der Waals surface area contributed by atoms with Crippen molar-refractivity contribution in [1.29, 1.82) is 0 Å². The van der Waals surface area contributed by atoms with Crippen LogP contribution in [0.4, 0.5) is 0 Å². The third-order valence-corrected chi connectivity index (χ3v) is 3.58. The molecule has 2 rings (SSSR count). The maximum Gasteiger partial charge on any atom is 0.258 e. The Morgan fingerprint density at radius 3 is 2.48 bits per heavy atom. The van der Waals surface area contributed by atoms with Crippen molar-refractivity contribution in [3.05, 3.63) is 59.1 Å². The third-order valence-electron chi connectivity index (χ3n) is 3.26. The van der Waals surface area contributed by atoms with Crippen molar-refractivity contribution in [2.24, 2.45) is 0 Å². The lowest BCUT2D eigenvalue weighted by atomic mass is 10.1. The molecule has 0 spiro atoms. The van der Waals surface area contributed by atoms with Crippen molar-refractivity contribution in [2.45, 2.75) is 19.9 Å². The number of benzene rings is 2. The maximum atomic E-state index is 12.0. The number of rotatable bonds is 7. The summed E-state index contributed by atoms with van der Waals surface area (Å²) in [6, 6.07) is 14.6. The molecule has 0 aliphatic carbocycles. The third kappa shape index (κ3) is 5.18. The van der Waals surface area contributed by atoms with E-state index >= 15 is 0 Å². The summed E-state index contributed by atoms with van der Waals surface area (Å²) < 4.78 is 10.8. The molecule has 5 heteroatoms. The summed E-state index contributed by atoms with van der Waals surface area (Å²) in [7, 11) is 0. The number of hydrogen-bond acceptors (Lipinski definition) is 3. The second kappa shape index (κ2) is 8.44. The first-order valence-electron chi connectivity index (χ1n) is 7.49. The van der Waals surface area contributed by atoms with Crippen LogP contribution in [0.2, 0.25) is 5.02 Å². The molecule has 122 valence electrons. The summed E-state index contributed by atoms with van der Waals surface area (Å²) in [5.41, 5.74) is 1.000. The fourth-order valence-corrected chi connectivity index (χ4v) is 2.28. The summed E-state index contributed by atoms with van der Waals surface area (Å²) in [5.74, 6) is 1.11. The van der Waals surface area contributed by atoms with Crippen LogP contribution < -0.4 is 14.8 Å². The number of ether oxygens (including phenoxy) is 2. The normalized spacial score (nSPS) is 11.6. The van der Waals surface area contributed by atoms with E-state index in [-0.39, 0.29) is 18.6 Å². The van der Waals surface area contributed by atoms with Gasteiger partial charge in [-0.1, -0.05) is 35.9 Å². The Bertz CT molecular complexity index is 643. The summed E-state index contributed by atoms with van der Waals surface area (Å²) >= 11 is 5.98. The minimum atomic E-state index is -0.202. The van der Waals surface area contributed by atoms with E-state index in [0.717, 1.165) is 11.3 Å². The molecule has 0 heterocycles. The molecule has 0 aromatic heterocycles. The van der Waals surface area contributed by atoms with E-state index in [2.05, 4.69) is 5.32 Å². The van der Waals surface area contributed by atoms with E-state index in [0.29, 0.717) is 17.4 Å². The van der Waals surface area contributed by atoms with Gasteiger partial charge in [0.05, 0.1) is 17.7 Å². The Morgan fingerprint density at radius 1 is 1.13 bits per heavy atom. The van der Waals surface area contributed by atoms with Crippen molar-refractivity contribution in [2.75, 3.05) is 13.2 Å². The van der Waals surface area contributed by atoms with Crippen molar-refractivity contribution in [1.82, 2.24) is 5.32 Å². The molecule has 1 amide bonds. The number of halogens is 1. The van der Waals surface area contributed by atoms with Crippen LogP contribution in [-0.4, -0.2) is 19.1 Å². The van der Waals surface area contributed by atoms with Gasteiger partial charge in [0.1, 0.15) is 11.5 Å². The fourth-order valence-electron chi connectivity index (χ4n) is 2.09. The topological polar surface area (TPSA) is 47.6 Å². The van der Waals surface area contributed by atoms with Crippen LogP contribution in [0.25, 0.3) is 0 Å². The van der Waals surface area contributed by atoms with E-state index in [1.807, 2.05) is 50.2 Å². The molecule has 0 saturated heterocycles. The van der Waals surface area contributed by atoms with E-state index in [1.54, 1.807) is 12.1 Å². The monoisotopic (exact) mass is 333 g/mol. The lowest BCUT2D eigenvalue weighted by Gasteiger charge is -2.15. The quantitative estimate of drug-likeness (QED) is 0.833.